The lowest BCUT2D eigenvalue weighted by Gasteiger charge is -2.64. The summed E-state index contributed by atoms with van der Waals surface area (Å²) in [4.78, 5) is 2.51. The third-order valence-electron chi connectivity index (χ3n) is 16.7. The van der Waals surface area contributed by atoms with E-state index in [1.54, 1.807) is 0 Å². The van der Waals surface area contributed by atoms with E-state index in [0.29, 0.717) is 47.2 Å². The second kappa shape index (κ2) is 11.1. The highest BCUT2D eigenvalue weighted by Gasteiger charge is 2.84. The largest absolute Gasteiger partial charge is 0.390 e. The molecule has 2 spiro atoms. The summed E-state index contributed by atoms with van der Waals surface area (Å²) in [5.74, 6) is 1.85. The van der Waals surface area contributed by atoms with Crippen LogP contribution in [0.3, 0.4) is 0 Å². The minimum absolute atomic E-state index is 0.0232. The van der Waals surface area contributed by atoms with Gasteiger partial charge < -0.3 is 33.9 Å². The summed E-state index contributed by atoms with van der Waals surface area (Å²) in [6.07, 6.45) is 8.08. The Bertz CT molecular complexity index is 1200. The molecule has 0 aromatic heterocycles. The first kappa shape index (κ1) is 33.8. The van der Waals surface area contributed by atoms with E-state index in [1.165, 1.54) is 38.5 Å². The van der Waals surface area contributed by atoms with Crippen molar-refractivity contribution in [1.82, 2.24) is 4.90 Å². The Morgan fingerprint density at radius 2 is 1.72 bits per heavy atom. The Morgan fingerprint density at radius 1 is 1.00 bits per heavy atom. The average Bonchev–Trinajstić information content (AvgIpc) is 3.61. The van der Waals surface area contributed by atoms with Crippen molar-refractivity contribution in [3.8, 4) is 0 Å². The second-order valence-electron chi connectivity index (χ2n) is 19.2. The van der Waals surface area contributed by atoms with Crippen LogP contribution in [0.25, 0.3) is 0 Å². The quantitative estimate of drug-likeness (QED) is 0.375. The van der Waals surface area contributed by atoms with Gasteiger partial charge in [0.05, 0.1) is 62.4 Å². The van der Waals surface area contributed by atoms with Crippen LogP contribution in [-0.4, -0.2) is 103 Å². The molecule has 2 N–H and O–H groups in total. The molecule has 8 heteroatoms. The SMILES string of the molecule is CCO[C@@H]([C@H]1C[C@@H](C)[C@H]2[C@H](O1)[C@H](O)[C@@]1(C)[C@@H]3CC[C@H]4C(C)(C)[C@@H](O[C@H]5CN(C6COC6)CCO5)CC[C@@]45C[C@@]35CC[C@]21C)C(C)(C)O. The lowest BCUT2D eigenvalue weighted by molar-refractivity contribution is -0.256. The van der Waals surface area contributed by atoms with Gasteiger partial charge in [0.25, 0.3) is 0 Å². The standard InChI is InChI=1S/C39H65NO7/c1-9-44-33(35(5,6)42)25-18-23(2)30-31(46-25)32(41)37(8)27-11-10-26-34(3,4)28(47-29-19-40(16-17-45-29)24-20-43-21-24)12-13-38(26)22-39(27,38)15-14-36(30,37)7/h23-33,41-42H,9-22H2,1-8H3/t23-,25-,26+,27+,28+,29+,30+,31+,32+,33+,36-,37-,38-,39+/m1/s1. The smallest absolute Gasteiger partial charge is 0.170 e. The fourth-order valence-corrected chi connectivity index (χ4v) is 14.4. The van der Waals surface area contributed by atoms with Gasteiger partial charge in [-0.2, -0.15) is 0 Å². The molecule has 47 heavy (non-hydrogen) atoms. The van der Waals surface area contributed by atoms with Crippen LogP contribution in [0.4, 0.5) is 0 Å². The van der Waals surface area contributed by atoms with Gasteiger partial charge in [-0.1, -0.05) is 34.6 Å². The molecule has 5 aliphatic carbocycles. The molecule has 0 radical (unpaired) electrons. The molecule has 268 valence electrons. The highest BCUT2D eigenvalue weighted by molar-refractivity contribution is 5.33. The number of hydrogen-bond donors (Lipinski definition) is 2. The van der Waals surface area contributed by atoms with Gasteiger partial charge in [-0.3, -0.25) is 4.90 Å². The third-order valence-corrected chi connectivity index (χ3v) is 16.7. The van der Waals surface area contributed by atoms with Gasteiger partial charge in [-0.25, -0.2) is 0 Å². The zero-order valence-electron chi connectivity index (χ0n) is 30.6. The first-order valence-corrected chi connectivity index (χ1v) is 19.4. The summed E-state index contributed by atoms with van der Waals surface area (Å²) in [7, 11) is 0. The Balaban J connectivity index is 1.03. The van der Waals surface area contributed by atoms with E-state index >= 15 is 0 Å². The molecule has 8 aliphatic rings. The monoisotopic (exact) mass is 659 g/mol. The summed E-state index contributed by atoms with van der Waals surface area (Å²) in [6, 6.07) is 0.522. The normalized spacial score (nSPS) is 53.1. The van der Waals surface area contributed by atoms with Crippen molar-refractivity contribution < 1.29 is 33.9 Å². The minimum atomic E-state index is -1.01. The van der Waals surface area contributed by atoms with Crippen molar-refractivity contribution in [2.45, 2.75) is 155 Å². The van der Waals surface area contributed by atoms with Crippen molar-refractivity contribution in [2.24, 2.45) is 50.7 Å². The van der Waals surface area contributed by atoms with Crippen molar-refractivity contribution in [1.29, 1.82) is 0 Å². The van der Waals surface area contributed by atoms with Gasteiger partial charge in [-0.15, -0.1) is 0 Å². The van der Waals surface area contributed by atoms with Gasteiger partial charge in [0.1, 0.15) is 6.10 Å². The molecule has 0 bridgehead atoms. The zero-order chi connectivity index (χ0) is 33.4. The van der Waals surface area contributed by atoms with Gasteiger partial charge >= 0.3 is 0 Å². The molecule has 0 amide bonds. The van der Waals surface area contributed by atoms with E-state index in [1.807, 2.05) is 20.8 Å². The number of aliphatic hydroxyl groups is 2. The number of morpholine rings is 1. The molecular weight excluding hydrogens is 594 g/mol. The van der Waals surface area contributed by atoms with Crippen LogP contribution in [0, 0.1) is 50.7 Å². The van der Waals surface area contributed by atoms with Crippen LogP contribution >= 0.6 is 0 Å². The topological polar surface area (TPSA) is 89.9 Å². The molecule has 3 heterocycles. The first-order chi connectivity index (χ1) is 22.1. The van der Waals surface area contributed by atoms with E-state index in [0.717, 1.165) is 45.8 Å². The highest BCUT2D eigenvalue weighted by Crippen LogP contribution is 2.89. The van der Waals surface area contributed by atoms with E-state index in [2.05, 4.69) is 39.5 Å². The van der Waals surface area contributed by atoms with Gasteiger partial charge in [0.2, 0.25) is 0 Å². The molecule has 0 aromatic carbocycles. The van der Waals surface area contributed by atoms with E-state index in [4.69, 9.17) is 23.7 Å². The third kappa shape index (κ3) is 4.53. The maximum atomic E-state index is 12.6. The Labute approximate surface area is 283 Å². The maximum Gasteiger partial charge on any atom is 0.170 e. The molecule has 14 atom stereocenters. The molecular formula is C39H65NO7. The fourth-order valence-electron chi connectivity index (χ4n) is 14.4. The number of aliphatic hydroxyl groups excluding tert-OH is 1. The minimum Gasteiger partial charge on any atom is -0.390 e. The molecule has 8 fully saturated rings. The van der Waals surface area contributed by atoms with Crippen LogP contribution < -0.4 is 0 Å². The van der Waals surface area contributed by atoms with Crippen molar-refractivity contribution >= 4 is 0 Å². The summed E-state index contributed by atoms with van der Waals surface area (Å²) < 4.78 is 31.7. The van der Waals surface area contributed by atoms with Crippen molar-refractivity contribution in [3.05, 3.63) is 0 Å². The summed E-state index contributed by atoms with van der Waals surface area (Å²) in [5, 5.41) is 23.7. The lowest BCUT2D eigenvalue weighted by atomic mass is 9.41. The second-order valence-corrected chi connectivity index (χ2v) is 19.2. The van der Waals surface area contributed by atoms with Crippen LogP contribution in [0.5, 0.6) is 0 Å². The van der Waals surface area contributed by atoms with Crippen LogP contribution in [0.2, 0.25) is 0 Å². The molecule has 0 unspecified atom stereocenters. The fraction of sp³-hybridized carbons (Fsp3) is 1.00. The average molecular weight is 660 g/mol. The maximum absolute atomic E-state index is 12.6. The van der Waals surface area contributed by atoms with E-state index in [-0.39, 0.29) is 40.8 Å². The highest BCUT2D eigenvalue weighted by atomic mass is 16.7. The van der Waals surface area contributed by atoms with Gasteiger partial charge in [-0.05, 0) is 117 Å². The number of nitrogens with zero attached hydrogens (tertiary/aromatic N) is 1. The number of rotatable bonds is 7. The van der Waals surface area contributed by atoms with Gasteiger partial charge in [0, 0.05) is 18.6 Å². The van der Waals surface area contributed by atoms with Crippen molar-refractivity contribution in [3.63, 3.8) is 0 Å². The summed E-state index contributed by atoms with van der Waals surface area (Å²) in [5.41, 5.74) is -0.435. The van der Waals surface area contributed by atoms with Crippen molar-refractivity contribution in [2.75, 3.05) is 39.5 Å². The van der Waals surface area contributed by atoms with E-state index < -0.39 is 17.8 Å². The van der Waals surface area contributed by atoms with Gasteiger partial charge in [0.15, 0.2) is 6.29 Å². The summed E-state index contributed by atoms with van der Waals surface area (Å²) in [6.45, 7) is 22.8. The Morgan fingerprint density at radius 3 is 2.40 bits per heavy atom. The number of ether oxygens (including phenoxy) is 5. The number of hydrogen-bond acceptors (Lipinski definition) is 8. The van der Waals surface area contributed by atoms with Crippen LogP contribution in [0.15, 0.2) is 0 Å². The molecule has 0 aromatic rings. The molecule has 3 saturated heterocycles. The lowest BCUT2D eigenvalue weighted by Crippen LogP contribution is -2.60. The Kier molecular flexibility index (Phi) is 7.98. The Hall–Kier alpha value is -0.320. The van der Waals surface area contributed by atoms with Crippen LogP contribution in [0.1, 0.15) is 107 Å². The van der Waals surface area contributed by atoms with Crippen LogP contribution in [-0.2, 0) is 23.7 Å². The number of fused-ring (bicyclic) bond motifs is 4. The molecule has 8 nitrogen and oxygen atoms in total. The zero-order valence-corrected chi connectivity index (χ0v) is 30.6. The molecule has 5 saturated carbocycles. The first-order valence-electron chi connectivity index (χ1n) is 19.4. The molecule has 8 rings (SSSR count). The summed E-state index contributed by atoms with van der Waals surface area (Å²) >= 11 is 0. The predicted molar refractivity (Wildman–Crippen MR) is 179 cm³/mol. The predicted octanol–water partition coefficient (Wildman–Crippen LogP) is 5.42. The molecule has 3 aliphatic heterocycles. The van der Waals surface area contributed by atoms with E-state index in [9.17, 15) is 10.2 Å².